The molecule has 0 amide bonds. The van der Waals surface area contributed by atoms with Gasteiger partial charge in [0.2, 0.25) is 0 Å². The van der Waals surface area contributed by atoms with Gasteiger partial charge >= 0.3 is 0 Å². The Bertz CT molecular complexity index is 221. The van der Waals surface area contributed by atoms with Gasteiger partial charge in [-0.1, -0.05) is 6.08 Å². The second-order valence-electron chi connectivity index (χ2n) is 2.77. The highest BCUT2D eigenvalue weighted by atomic mass is 16.6. The summed E-state index contributed by atoms with van der Waals surface area (Å²) >= 11 is 0. The lowest BCUT2D eigenvalue weighted by molar-refractivity contribution is 0.296. The van der Waals surface area contributed by atoms with Crippen molar-refractivity contribution in [3.63, 3.8) is 0 Å². The third-order valence-corrected chi connectivity index (χ3v) is 1.88. The molecule has 0 bridgehead atoms. The summed E-state index contributed by atoms with van der Waals surface area (Å²) in [7, 11) is 1.65. The lowest BCUT2D eigenvalue weighted by Crippen LogP contribution is -2.07. The Labute approximate surface area is 72.8 Å². The number of nitrogens with two attached hydrogens (primary N) is 1. The molecule has 68 valence electrons. The molecule has 1 saturated heterocycles. The zero-order valence-electron chi connectivity index (χ0n) is 7.70. The van der Waals surface area contributed by atoms with E-state index in [-0.39, 0.29) is 12.3 Å². The average molecular weight is 169 g/mol. The summed E-state index contributed by atoms with van der Waals surface area (Å²) in [6.07, 6.45) is 3.75. The average Bonchev–Trinajstić information content (AvgIpc) is 2.77. The topological polar surface area (TPSA) is 47.8 Å². The molecular formula is C9H15NO2. The first-order chi connectivity index (χ1) is 5.70. The molecule has 3 nitrogen and oxygen atoms in total. The van der Waals surface area contributed by atoms with E-state index in [4.69, 9.17) is 15.2 Å². The van der Waals surface area contributed by atoms with Crippen molar-refractivity contribution >= 4 is 0 Å². The number of rotatable bonds is 3. The number of allylic oxidation sites excluding steroid dienone is 2. The molecule has 2 unspecified atom stereocenters. The molecule has 0 aromatic heterocycles. The van der Waals surface area contributed by atoms with Crippen LogP contribution in [0.15, 0.2) is 23.5 Å². The Morgan fingerprint density at radius 2 is 2.17 bits per heavy atom. The highest BCUT2D eigenvalue weighted by Gasteiger charge is 2.38. The minimum Gasteiger partial charge on any atom is -0.497 e. The second kappa shape index (κ2) is 3.74. The fourth-order valence-electron chi connectivity index (χ4n) is 1.12. The first-order valence-corrected chi connectivity index (χ1v) is 3.99. The van der Waals surface area contributed by atoms with E-state index in [1.165, 1.54) is 0 Å². The van der Waals surface area contributed by atoms with Gasteiger partial charge in [0.05, 0.1) is 7.11 Å². The highest BCUT2D eigenvalue weighted by Crippen LogP contribution is 2.27. The summed E-state index contributed by atoms with van der Waals surface area (Å²) in [5, 5.41) is 0. The molecule has 0 radical (unpaired) electrons. The zero-order chi connectivity index (χ0) is 9.14. The van der Waals surface area contributed by atoms with Crippen LogP contribution in [0.1, 0.15) is 13.8 Å². The van der Waals surface area contributed by atoms with Crippen molar-refractivity contribution in [2.75, 3.05) is 7.11 Å². The van der Waals surface area contributed by atoms with E-state index in [9.17, 15) is 0 Å². The van der Waals surface area contributed by atoms with E-state index in [2.05, 4.69) is 0 Å². The van der Waals surface area contributed by atoms with Gasteiger partial charge in [-0.25, -0.2) is 0 Å². The van der Waals surface area contributed by atoms with E-state index >= 15 is 0 Å². The van der Waals surface area contributed by atoms with Gasteiger partial charge in [-0.2, -0.15) is 0 Å². The lowest BCUT2D eigenvalue weighted by atomic mass is 10.1. The fraction of sp³-hybridized carbons (Fsp3) is 0.556. The molecule has 3 heteroatoms. The van der Waals surface area contributed by atoms with Gasteiger partial charge in [0, 0.05) is 5.57 Å². The van der Waals surface area contributed by atoms with Gasteiger partial charge in [0.1, 0.15) is 18.1 Å². The Morgan fingerprint density at radius 3 is 2.50 bits per heavy atom. The van der Waals surface area contributed by atoms with Crippen molar-refractivity contribution in [1.82, 2.24) is 0 Å². The van der Waals surface area contributed by atoms with E-state index in [0.29, 0.717) is 0 Å². The third-order valence-electron chi connectivity index (χ3n) is 1.88. The second-order valence-corrected chi connectivity index (χ2v) is 2.77. The van der Waals surface area contributed by atoms with E-state index in [1.54, 1.807) is 7.11 Å². The van der Waals surface area contributed by atoms with Crippen LogP contribution in [0.3, 0.4) is 0 Å². The Hall–Kier alpha value is -0.800. The Morgan fingerprint density at radius 1 is 1.58 bits per heavy atom. The number of hydrogen-bond acceptors (Lipinski definition) is 3. The summed E-state index contributed by atoms with van der Waals surface area (Å²) in [5.41, 5.74) is 6.58. The normalized spacial score (nSPS) is 30.3. The molecule has 2 N–H and O–H groups in total. The molecule has 0 spiro atoms. The van der Waals surface area contributed by atoms with Crippen LogP contribution in [-0.2, 0) is 9.47 Å². The fourth-order valence-corrected chi connectivity index (χ4v) is 1.12. The Kier molecular flexibility index (Phi) is 2.89. The molecule has 1 aliphatic heterocycles. The first kappa shape index (κ1) is 9.29. The van der Waals surface area contributed by atoms with Crippen LogP contribution < -0.4 is 5.73 Å². The predicted octanol–water partition coefficient (Wildman–Crippen LogP) is 1.17. The lowest BCUT2D eigenvalue weighted by Gasteiger charge is -2.03. The molecule has 1 aliphatic rings. The molecule has 12 heavy (non-hydrogen) atoms. The smallest absolute Gasteiger partial charge is 0.137 e. The summed E-state index contributed by atoms with van der Waals surface area (Å²) < 4.78 is 10.3. The van der Waals surface area contributed by atoms with Crippen molar-refractivity contribution < 1.29 is 9.47 Å². The summed E-state index contributed by atoms with van der Waals surface area (Å²) in [4.78, 5) is 0. The van der Waals surface area contributed by atoms with Crippen LogP contribution in [0.5, 0.6) is 0 Å². The van der Waals surface area contributed by atoms with Gasteiger partial charge < -0.3 is 15.2 Å². The molecule has 0 aromatic carbocycles. The standard InChI is InChI=1S/C9H15NO2/c1-4-5-7(11-3)6(2)8-9(10)12-8/h4-5,8-9H,10H2,1-3H3/b5-4-,7-6-. The van der Waals surface area contributed by atoms with Crippen LogP contribution in [0.25, 0.3) is 0 Å². The predicted molar refractivity (Wildman–Crippen MR) is 47.4 cm³/mol. The highest BCUT2D eigenvalue weighted by molar-refractivity contribution is 5.25. The van der Waals surface area contributed by atoms with Gasteiger partial charge in [0.25, 0.3) is 0 Å². The first-order valence-electron chi connectivity index (χ1n) is 3.99. The van der Waals surface area contributed by atoms with Gasteiger partial charge in [0.15, 0.2) is 0 Å². The van der Waals surface area contributed by atoms with Crippen molar-refractivity contribution in [2.24, 2.45) is 5.73 Å². The quantitative estimate of drug-likeness (QED) is 0.392. The Balaban J connectivity index is 2.70. The molecular weight excluding hydrogens is 154 g/mol. The minimum absolute atomic E-state index is 0.0520. The van der Waals surface area contributed by atoms with Gasteiger partial charge in [-0.15, -0.1) is 0 Å². The number of methoxy groups -OCH3 is 1. The van der Waals surface area contributed by atoms with Crippen molar-refractivity contribution in [1.29, 1.82) is 0 Å². The minimum atomic E-state index is -0.139. The van der Waals surface area contributed by atoms with Gasteiger partial charge in [-0.3, -0.25) is 0 Å². The third kappa shape index (κ3) is 1.87. The SMILES string of the molecule is C/C=C\C(OC)=C(/C)C1OC1N. The number of hydrogen-bond donors (Lipinski definition) is 1. The van der Waals surface area contributed by atoms with Crippen LogP contribution in [0.4, 0.5) is 0 Å². The molecule has 0 aromatic rings. The molecule has 1 fully saturated rings. The van der Waals surface area contributed by atoms with Gasteiger partial charge in [-0.05, 0) is 19.9 Å². The zero-order valence-corrected chi connectivity index (χ0v) is 7.70. The van der Waals surface area contributed by atoms with E-state index < -0.39 is 0 Å². The maximum atomic E-state index is 5.52. The monoisotopic (exact) mass is 169 g/mol. The maximum absolute atomic E-state index is 5.52. The van der Waals surface area contributed by atoms with Crippen molar-refractivity contribution in [2.45, 2.75) is 26.2 Å². The number of ether oxygens (including phenoxy) is 2. The molecule has 0 aliphatic carbocycles. The van der Waals surface area contributed by atoms with Crippen LogP contribution in [0, 0.1) is 0 Å². The van der Waals surface area contributed by atoms with Crippen molar-refractivity contribution in [3.05, 3.63) is 23.5 Å². The molecule has 1 heterocycles. The van der Waals surface area contributed by atoms with Crippen LogP contribution in [0.2, 0.25) is 0 Å². The summed E-state index contributed by atoms with van der Waals surface area (Å²) in [6.45, 7) is 3.91. The molecule has 2 atom stereocenters. The maximum Gasteiger partial charge on any atom is 0.137 e. The molecule has 1 rings (SSSR count). The molecule has 0 saturated carbocycles. The number of epoxide rings is 1. The van der Waals surface area contributed by atoms with E-state index in [1.807, 2.05) is 26.0 Å². The summed E-state index contributed by atoms with van der Waals surface area (Å²) in [5.74, 6) is 0.843. The van der Waals surface area contributed by atoms with Crippen molar-refractivity contribution in [3.8, 4) is 0 Å². The largest absolute Gasteiger partial charge is 0.497 e. The van der Waals surface area contributed by atoms with Crippen LogP contribution in [-0.4, -0.2) is 19.4 Å². The summed E-state index contributed by atoms with van der Waals surface area (Å²) in [6, 6.07) is 0. The van der Waals surface area contributed by atoms with Crippen LogP contribution >= 0.6 is 0 Å². The van der Waals surface area contributed by atoms with E-state index in [0.717, 1.165) is 11.3 Å².